The van der Waals surface area contributed by atoms with Crippen molar-refractivity contribution in [3.63, 3.8) is 0 Å². The van der Waals surface area contributed by atoms with E-state index in [-0.39, 0.29) is 12.5 Å². The number of amides is 1. The highest BCUT2D eigenvalue weighted by Crippen LogP contribution is 2.22. The minimum absolute atomic E-state index is 0.111. The van der Waals surface area contributed by atoms with Crippen LogP contribution in [0.4, 0.5) is 0 Å². The number of fused-ring (bicyclic) bond motifs is 1. The number of nitriles is 1. The average Bonchev–Trinajstić information content (AvgIpc) is 3.02. The summed E-state index contributed by atoms with van der Waals surface area (Å²) in [5.41, 5.74) is 1.36. The number of carbonyl (C=O) groups is 1. The summed E-state index contributed by atoms with van der Waals surface area (Å²) in [5.74, 6) is 0.253. The van der Waals surface area contributed by atoms with Crippen molar-refractivity contribution in [2.75, 3.05) is 13.7 Å². The molecule has 2 aromatic carbocycles. The van der Waals surface area contributed by atoms with Gasteiger partial charge in [0.25, 0.3) is 5.91 Å². The van der Waals surface area contributed by atoms with Crippen LogP contribution < -0.4 is 4.74 Å². The third-order valence-electron chi connectivity index (χ3n) is 3.50. The lowest BCUT2D eigenvalue weighted by Gasteiger charge is -2.16. The van der Waals surface area contributed by atoms with Gasteiger partial charge in [-0.25, -0.2) is 4.98 Å². The summed E-state index contributed by atoms with van der Waals surface area (Å²) >= 11 is 1.57. The summed E-state index contributed by atoms with van der Waals surface area (Å²) in [7, 11) is 1.72. The Hall–Kier alpha value is -2.91. The van der Waals surface area contributed by atoms with Crippen LogP contribution in [0, 0.1) is 11.3 Å². The lowest BCUT2D eigenvalue weighted by molar-refractivity contribution is -0.132. The zero-order valence-corrected chi connectivity index (χ0v) is 13.9. The second-order valence-corrected chi connectivity index (χ2v) is 6.34. The van der Waals surface area contributed by atoms with Gasteiger partial charge >= 0.3 is 0 Å². The van der Waals surface area contributed by atoms with Gasteiger partial charge in [-0.1, -0.05) is 24.3 Å². The summed E-state index contributed by atoms with van der Waals surface area (Å²) in [6.45, 7) is 0.321. The first-order chi connectivity index (χ1) is 11.7. The van der Waals surface area contributed by atoms with E-state index in [1.54, 1.807) is 47.5 Å². The molecule has 120 valence electrons. The molecule has 1 amide bonds. The summed E-state index contributed by atoms with van der Waals surface area (Å²) in [4.78, 5) is 18.3. The van der Waals surface area contributed by atoms with Crippen LogP contribution in [0.3, 0.4) is 0 Å². The Morgan fingerprint density at radius 3 is 2.79 bits per heavy atom. The van der Waals surface area contributed by atoms with Gasteiger partial charge in [0.15, 0.2) is 6.61 Å². The third kappa shape index (κ3) is 3.53. The molecule has 0 saturated heterocycles. The van der Waals surface area contributed by atoms with Crippen molar-refractivity contribution >= 4 is 27.5 Å². The lowest BCUT2D eigenvalue weighted by Crippen LogP contribution is -2.31. The Kier molecular flexibility index (Phi) is 4.73. The first kappa shape index (κ1) is 16.0. The predicted molar refractivity (Wildman–Crippen MR) is 92.7 cm³/mol. The molecule has 0 atom stereocenters. The minimum Gasteiger partial charge on any atom is -0.482 e. The SMILES string of the molecule is CN(Cc1nc2ccccc2s1)C(=O)COc1ccccc1C#N. The molecule has 0 aliphatic rings. The maximum Gasteiger partial charge on any atom is 0.260 e. The zero-order chi connectivity index (χ0) is 16.9. The molecule has 6 heteroatoms. The Bertz CT molecular complexity index is 881. The molecular weight excluding hydrogens is 322 g/mol. The quantitative estimate of drug-likeness (QED) is 0.717. The number of nitrogens with zero attached hydrogens (tertiary/aromatic N) is 3. The first-order valence-electron chi connectivity index (χ1n) is 7.37. The van der Waals surface area contributed by atoms with Gasteiger partial charge in [0, 0.05) is 7.05 Å². The van der Waals surface area contributed by atoms with E-state index in [4.69, 9.17) is 10.00 Å². The fourth-order valence-corrected chi connectivity index (χ4v) is 3.23. The molecule has 0 fully saturated rings. The molecule has 0 aliphatic carbocycles. The third-order valence-corrected chi connectivity index (χ3v) is 4.52. The highest BCUT2D eigenvalue weighted by atomic mass is 32.1. The van der Waals surface area contributed by atoms with E-state index >= 15 is 0 Å². The number of benzene rings is 2. The number of ether oxygens (including phenoxy) is 1. The molecule has 0 aliphatic heterocycles. The van der Waals surface area contributed by atoms with Crippen LogP contribution in [0.2, 0.25) is 0 Å². The molecule has 0 N–H and O–H groups in total. The van der Waals surface area contributed by atoms with Crippen LogP contribution >= 0.6 is 11.3 Å². The molecule has 5 nitrogen and oxygen atoms in total. The number of hydrogen-bond donors (Lipinski definition) is 0. The highest BCUT2D eigenvalue weighted by molar-refractivity contribution is 7.18. The van der Waals surface area contributed by atoms with Gasteiger partial charge in [-0.3, -0.25) is 4.79 Å². The van der Waals surface area contributed by atoms with Gasteiger partial charge in [0.05, 0.1) is 22.3 Å². The Morgan fingerprint density at radius 1 is 1.25 bits per heavy atom. The lowest BCUT2D eigenvalue weighted by atomic mass is 10.2. The Balaban J connectivity index is 1.61. The number of likely N-dealkylation sites (N-methyl/N-ethyl adjacent to an activating group) is 1. The number of rotatable bonds is 5. The second kappa shape index (κ2) is 7.11. The summed E-state index contributed by atoms with van der Waals surface area (Å²) in [5, 5.41) is 9.90. The smallest absolute Gasteiger partial charge is 0.260 e. The van der Waals surface area contributed by atoms with E-state index in [2.05, 4.69) is 4.98 Å². The molecule has 1 heterocycles. The van der Waals surface area contributed by atoms with Crippen molar-refractivity contribution in [2.24, 2.45) is 0 Å². The molecule has 0 radical (unpaired) electrons. The Morgan fingerprint density at radius 2 is 2.00 bits per heavy atom. The standard InChI is InChI=1S/C18H15N3O2S/c1-21(11-17-20-14-7-3-5-9-16(14)24-17)18(22)12-23-15-8-4-2-6-13(15)10-19/h2-9H,11-12H2,1H3. The van der Waals surface area contributed by atoms with Crippen molar-refractivity contribution in [1.29, 1.82) is 5.26 Å². The van der Waals surface area contributed by atoms with Gasteiger partial charge in [0.2, 0.25) is 0 Å². The summed E-state index contributed by atoms with van der Waals surface area (Å²) in [6.07, 6.45) is 0. The molecular formula is C18H15N3O2S. The molecule has 24 heavy (non-hydrogen) atoms. The number of thiazole rings is 1. The van der Waals surface area contributed by atoms with Crippen LogP contribution in [0.25, 0.3) is 10.2 Å². The predicted octanol–water partition coefficient (Wildman–Crippen LogP) is 3.21. The number of hydrogen-bond acceptors (Lipinski definition) is 5. The normalized spacial score (nSPS) is 10.3. The molecule has 0 saturated carbocycles. The largest absolute Gasteiger partial charge is 0.482 e. The highest BCUT2D eigenvalue weighted by Gasteiger charge is 2.13. The fraction of sp³-hybridized carbons (Fsp3) is 0.167. The molecule has 1 aromatic heterocycles. The van der Waals surface area contributed by atoms with Gasteiger partial charge < -0.3 is 9.64 Å². The van der Waals surface area contributed by atoms with Crippen LogP contribution in [0.1, 0.15) is 10.6 Å². The maximum atomic E-state index is 12.2. The van der Waals surface area contributed by atoms with E-state index in [0.717, 1.165) is 15.2 Å². The molecule has 3 rings (SSSR count). The van der Waals surface area contributed by atoms with Gasteiger partial charge in [0.1, 0.15) is 16.8 Å². The minimum atomic E-state index is -0.165. The van der Waals surface area contributed by atoms with E-state index in [0.29, 0.717) is 17.9 Å². The van der Waals surface area contributed by atoms with Crippen molar-refractivity contribution in [2.45, 2.75) is 6.54 Å². The van der Waals surface area contributed by atoms with Gasteiger partial charge in [-0.15, -0.1) is 11.3 Å². The van der Waals surface area contributed by atoms with Crippen molar-refractivity contribution in [1.82, 2.24) is 9.88 Å². The Labute approximate surface area is 143 Å². The second-order valence-electron chi connectivity index (χ2n) is 5.22. The number of carbonyl (C=O) groups excluding carboxylic acids is 1. The van der Waals surface area contributed by atoms with Crippen molar-refractivity contribution in [3.05, 3.63) is 59.1 Å². The molecule has 3 aromatic rings. The molecule has 0 spiro atoms. The summed E-state index contributed by atoms with van der Waals surface area (Å²) in [6, 6.07) is 16.8. The number of para-hydroxylation sites is 2. The van der Waals surface area contributed by atoms with E-state index in [9.17, 15) is 4.79 Å². The van der Waals surface area contributed by atoms with Gasteiger partial charge in [-0.2, -0.15) is 5.26 Å². The molecule has 0 bridgehead atoms. The van der Waals surface area contributed by atoms with Crippen LogP contribution in [-0.2, 0) is 11.3 Å². The van der Waals surface area contributed by atoms with Crippen molar-refractivity contribution < 1.29 is 9.53 Å². The maximum absolute atomic E-state index is 12.2. The van der Waals surface area contributed by atoms with Gasteiger partial charge in [-0.05, 0) is 24.3 Å². The number of aromatic nitrogens is 1. The topological polar surface area (TPSA) is 66.2 Å². The first-order valence-corrected chi connectivity index (χ1v) is 8.19. The zero-order valence-electron chi connectivity index (χ0n) is 13.1. The van der Waals surface area contributed by atoms with E-state index in [1.165, 1.54) is 0 Å². The molecule has 0 unspecified atom stereocenters. The van der Waals surface area contributed by atoms with Crippen LogP contribution in [-0.4, -0.2) is 29.4 Å². The van der Waals surface area contributed by atoms with Crippen LogP contribution in [0.15, 0.2) is 48.5 Å². The average molecular weight is 337 g/mol. The van der Waals surface area contributed by atoms with Crippen molar-refractivity contribution in [3.8, 4) is 11.8 Å². The fourth-order valence-electron chi connectivity index (χ4n) is 2.21. The summed E-state index contributed by atoms with van der Waals surface area (Å²) < 4.78 is 6.58. The van der Waals surface area contributed by atoms with Crippen LogP contribution in [0.5, 0.6) is 5.75 Å². The monoisotopic (exact) mass is 337 g/mol. The van der Waals surface area contributed by atoms with E-state index < -0.39 is 0 Å². The van der Waals surface area contributed by atoms with E-state index in [1.807, 2.05) is 30.3 Å².